The molecule has 0 aromatic carbocycles. The molecule has 0 aliphatic heterocycles. The predicted molar refractivity (Wildman–Crippen MR) is 42.5 cm³/mol. The third-order valence-corrected chi connectivity index (χ3v) is 0.718. The summed E-state index contributed by atoms with van der Waals surface area (Å²) in [6.45, 7) is 0.0544. The van der Waals surface area contributed by atoms with E-state index in [4.69, 9.17) is 5.11 Å². The molecule has 0 atom stereocenters. The van der Waals surface area contributed by atoms with Crippen molar-refractivity contribution in [2.75, 3.05) is 6.61 Å². The summed E-state index contributed by atoms with van der Waals surface area (Å²) in [5.41, 5.74) is 0. The first-order chi connectivity index (χ1) is 5.41. The third kappa shape index (κ3) is 8.49. The van der Waals surface area contributed by atoms with Gasteiger partial charge in [-0.15, -0.1) is 0 Å². The first kappa shape index (κ1) is 9.49. The Morgan fingerprint density at radius 1 is 1.36 bits per heavy atom. The van der Waals surface area contributed by atoms with Crippen molar-refractivity contribution in [1.82, 2.24) is 0 Å². The smallest absolute Gasteiger partial charge is 0.143 e. The zero-order chi connectivity index (χ0) is 8.36. The Balaban J connectivity index is 3.65. The molecule has 2 heteroatoms. The highest BCUT2D eigenvalue weighted by Crippen LogP contribution is 1.68. The van der Waals surface area contributed by atoms with E-state index in [1.165, 1.54) is 12.2 Å². The first-order valence-corrected chi connectivity index (χ1v) is 3.11. The van der Waals surface area contributed by atoms with Crippen LogP contribution in [0.3, 0.4) is 0 Å². The molecule has 0 heterocycles. The molecule has 0 saturated heterocycles. The summed E-state index contributed by atoms with van der Waals surface area (Å²) < 4.78 is 0. The second kappa shape index (κ2) is 8.49. The minimum atomic E-state index is 0.0544. The van der Waals surface area contributed by atoms with E-state index in [-0.39, 0.29) is 6.61 Å². The second-order valence-electron chi connectivity index (χ2n) is 1.54. The number of hydrogen-bond acceptors (Lipinski definition) is 2. The Kier molecular flexibility index (Phi) is 7.32. The van der Waals surface area contributed by atoms with Crippen LogP contribution < -0.4 is 0 Å². The summed E-state index contributed by atoms with van der Waals surface area (Å²) in [7, 11) is 0. The molecule has 56 valence electrons. The van der Waals surface area contributed by atoms with Gasteiger partial charge in [-0.1, -0.05) is 11.8 Å². The van der Waals surface area contributed by atoms with Crippen molar-refractivity contribution in [2.45, 2.75) is 6.42 Å². The monoisotopic (exact) mass is 148 g/mol. The Labute approximate surface area is 65.9 Å². The number of aldehydes is 1. The van der Waals surface area contributed by atoms with Crippen LogP contribution in [0.25, 0.3) is 0 Å². The number of aliphatic hydroxyl groups is 1. The second-order valence-corrected chi connectivity index (χ2v) is 1.54. The number of carbonyl (C=O) groups excluding carboxylic acids is 1. The molecule has 0 rings (SSSR count). The van der Waals surface area contributed by atoms with Crippen molar-refractivity contribution in [1.29, 1.82) is 0 Å². The van der Waals surface area contributed by atoms with E-state index in [0.717, 1.165) is 0 Å². The lowest BCUT2D eigenvalue weighted by Crippen LogP contribution is -1.74. The van der Waals surface area contributed by atoms with Gasteiger partial charge in [-0.25, -0.2) is 0 Å². The average molecular weight is 148 g/mol. The predicted octanol–water partition coefficient (Wildman–Crippen LogP) is 0.131. The highest BCUT2D eigenvalue weighted by molar-refractivity contribution is 5.65. The summed E-state index contributed by atoms with van der Waals surface area (Å²) in [5.74, 6) is 10.1. The van der Waals surface area contributed by atoms with Gasteiger partial charge < -0.3 is 5.11 Å². The molecule has 0 radical (unpaired) electrons. The lowest BCUT2D eigenvalue weighted by molar-refractivity contribution is -0.104. The summed E-state index contributed by atoms with van der Waals surface area (Å²) in [5, 5.41) is 8.30. The van der Waals surface area contributed by atoms with Crippen LogP contribution >= 0.6 is 0 Å². The van der Waals surface area contributed by atoms with Gasteiger partial charge in [0.15, 0.2) is 0 Å². The average Bonchev–Trinajstić information content (AvgIpc) is 2.03. The van der Waals surface area contributed by atoms with Gasteiger partial charge >= 0.3 is 0 Å². The van der Waals surface area contributed by atoms with Crippen LogP contribution in [0.1, 0.15) is 6.42 Å². The molecular weight excluding hydrogens is 140 g/mol. The third-order valence-electron chi connectivity index (χ3n) is 0.718. The lowest BCUT2D eigenvalue weighted by Gasteiger charge is -1.72. The molecule has 2 nitrogen and oxygen atoms in total. The molecule has 0 unspecified atom stereocenters. The van der Waals surface area contributed by atoms with E-state index in [1.807, 2.05) is 0 Å². The summed E-state index contributed by atoms with van der Waals surface area (Å²) in [4.78, 5) is 9.72. The highest BCUT2D eigenvalue weighted by Gasteiger charge is 1.66. The van der Waals surface area contributed by atoms with E-state index < -0.39 is 0 Å². The Bertz CT molecular complexity index is 242. The summed E-state index contributed by atoms with van der Waals surface area (Å²) in [6.07, 6.45) is 3.79. The fourth-order valence-electron chi connectivity index (χ4n) is 0.328. The van der Waals surface area contributed by atoms with Crippen molar-refractivity contribution in [2.24, 2.45) is 0 Å². The number of allylic oxidation sites excluding steroid dienone is 2. The van der Waals surface area contributed by atoms with Gasteiger partial charge in [0.25, 0.3) is 0 Å². The molecule has 0 fully saturated rings. The van der Waals surface area contributed by atoms with Crippen molar-refractivity contribution in [3.63, 3.8) is 0 Å². The molecule has 0 aromatic heterocycles. The minimum absolute atomic E-state index is 0.0544. The van der Waals surface area contributed by atoms with Crippen LogP contribution in [-0.4, -0.2) is 18.0 Å². The Morgan fingerprint density at radius 2 is 2.18 bits per heavy atom. The van der Waals surface area contributed by atoms with Crippen molar-refractivity contribution in [3.05, 3.63) is 12.2 Å². The fourth-order valence-corrected chi connectivity index (χ4v) is 0.328. The molecule has 0 aliphatic rings. The van der Waals surface area contributed by atoms with Gasteiger partial charge in [0, 0.05) is 6.42 Å². The quantitative estimate of drug-likeness (QED) is 0.343. The number of aliphatic hydroxyl groups excluding tert-OH is 1. The maximum atomic E-state index is 9.72. The van der Waals surface area contributed by atoms with Gasteiger partial charge in [0.2, 0.25) is 0 Å². The molecule has 0 amide bonds. The lowest BCUT2D eigenvalue weighted by atomic mass is 10.4. The van der Waals surface area contributed by atoms with Crippen LogP contribution in [0.4, 0.5) is 0 Å². The summed E-state index contributed by atoms with van der Waals surface area (Å²) >= 11 is 0. The molecule has 0 bridgehead atoms. The van der Waals surface area contributed by atoms with Crippen molar-refractivity contribution >= 4 is 6.29 Å². The zero-order valence-corrected chi connectivity index (χ0v) is 6.00. The largest absolute Gasteiger partial charge is 0.395 e. The molecule has 0 spiro atoms. The van der Waals surface area contributed by atoms with E-state index in [0.29, 0.717) is 12.7 Å². The van der Waals surface area contributed by atoms with Crippen LogP contribution in [-0.2, 0) is 4.79 Å². The Hall–Kier alpha value is -1.51. The molecule has 0 saturated carbocycles. The van der Waals surface area contributed by atoms with Gasteiger partial charge in [0.05, 0.1) is 6.61 Å². The number of carbonyl (C=O) groups is 1. The maximum Gasteiger partial charge on any atom is 0.143 e. The topological polar surface area (TPSA) is 37.3 Å². The van der Waals surface area contributed by atoms with Gasteiger partial charge in [0.1, 0.15) is 6.29 Å². The standard InChI is InChI=1S/C9H8O2/c10-8-6-4-2-1-3-5-7-9-11/h4,6,8,11H,7,9H2/b6-4+. The number of rotatable bonds is 2. The normalized spacial score (nSPS) is 7.73. The van der Waals surface area contributed by atoms with E-state index >= 15 is 0 Å². The maximum absolute atomic E-state index is 9.72. The van der Waals surface area contributed by atoms with Crippen molar-refractivity contribution < 1.29 is 9.90 Å². The Morgan fingerprint density at radius 3 is 2.82 bits per heavy atom. The molecule has 0 aliphatic carbocycles. The number of hydrogen-bond donors (Lipinski definition) is 1. The van der Waals surface area contributed by atoms with Crippen LogP contribution in [0.15, 0.2) is 12.2 Å². The fraction of sp³-hybridized carbons (Fsp3) is 0.222. The highest BCUT2D eigenvalue weighted by atomic mass is 16.2. The summed E-state index contributed by atoms with van der Waals surface area (Å²) in [6, 6.07) is 0. The SMILES string of the molecule is O=C/C=C/C#CC#CCCO. The zero-order valence-electron chi connectivity index (χ0n) is 6.00. The first-order valence-electron chi connectivity index (χ1n) is 3.11. The van der Waals surface area contributed by atoms with Crippen LogP contribution in [0.5, 0.6) is 0 Å². The van der Waals surface area contributed by atoms with E-state index in [2.05, 4.69) is 23.7 Å². The molecule has 1 N–H and O–H groups in total. The van der Waals surface area contributed by atoms with Gasteiger partial charge in [-0.05, 0) is 24.0 Å². The minimum Gasteiger partial charge on any atom is -0.395 e. The van der Waals surface area contributed by atoms with Crippen LogP contribution in [0, 0.1) is 23.7 Å². The molecule has 11 heavy (non-hydrogen) atoms. The molecule has 0 aromatic rings. The van der Waals surface area contributed by atoms with Crippen LogP contribution in [0.2, 0.25) is 0 Å². The van der Waals surface area contributed by atoms with E-state index in [1.54, 1.807) is 0 Å². The van der Waals surface area contributed by atoms with Gasteiger partial charge in [-0.3, -0.25) is 4.79 Å². The molecular formula is C9H8O2. The van der Waals surface area contributed by atoms with Crippen molar-refractivity contribution in [3.8, 4) is 23.7 Å². The van der Waals surface area contributed by atoms with E-state index in [9.17, 15) is 4.79 Å². The van der Waals surface area contributed by atoms with Gasteiger partial charge in [-0.2, -0.15) is 0 Å².